The van der Waals surface area contributed by atoms with Crippen molar-refractivity contribution in [3.05, 3.63) is 76.4 Å². The largest absolute Gasteiger partial charge is 0.320 e. The quantitative estimate of drug-likeness (QED) is 0.585. The molecule has 0 radical (unpaired) electrons. The number of H-pyrrole nitrogens is 1. The molecule has 4 rings (SSSR count). The van der Waals surface area contributed by atoms with Gasteiger partial charge in [-0.25, -0.2) is 0 Å². The lowest BCUT2D eigenvalue weighted by Crippen LogP contribution is -2.56. The number of imide groups is 1. The number of piperazine rings is 1. The Morgan fingerprint density at radius 3 is 2.47 bits per heavy atom. The van der Waals surface area contributed by atoms with Crippen molar-refractivity contribution >= 4 is 33.7 Å². The molecule has 2 heterocycles. The van der Waals surface area contributed by atoms with Gasteiger partial charge in [0.1, 0.15) is 13.1 Å². The van der Waals surface area contributed by atoms with Crippen LogP contribution in [0, 0.1) is 0 Å². The average molecular weight is 467 g/mol. The number of amides is 3. The van der Waals surface area contributed by atoms with Crippen LogP contribution in [0.25, 0.3) is 11.3 Å². The SMILES string of the molecule is O=C(c1cn[nH]c1-c1cccc(Br)c1)N1CC(=O)N(CCc2ccccc2)C(=O)C1. The first kappa shape index (κ1) is 20.0. The molecule has 1 saturated heterocycles. The maximum Gasteiger partial charge on any atom is 0.258 e. The highest BCUT2D eigenvalue weighted by atomic mass is 79.9. The van der Waals surface area contributed by atoms with Gasteiger partial charge in [-0.15, -0.1) is 0 Å². The fourth-order valence-corrected chi connectivity index (χ4v) is 3.85. The van der Waals surface area contributed by atoms with E-state index < -0.39 is 5.91 Å². The van der Waals surface area contributed by atoms with E-state index in [1.807, 2.05) is 54.6 Å². The Morgan fingerprint density at radius 2 is 1.77 bits per heavy atom. The number of aromatic nitrogens is 2. The number of carbonyl (C=O) groups excluding carboxylic acids is 3. The van der Waals surface area contributed by atoms with Crippen molar-refractivity contribution in [1.82, 2.24) is 20.0 Å². The van der Waals surface area contributed by atoms with Gasteiger partial charge >= 0.3 is 0 Å². The maximum atomic E-state index is 13.0. The molecular weight excluding hydrogens is 448 g/mol. The highest BCUT2D eigenvalue weighted by Gasteiger charge is 2.34. The van der Waals surface area contributed by atoms with Crippen LogP contribution in [-0.2, 0) is 16.0 Å². The molecule has 0 saturated carbocycles. The minimum atomic E-state index is -0.400. The molecule has 2 aromatic carbocycles. The van der Waals surface area contributed by atoms with E-state index in [1.165, 1.54) is 16.0 Å². The number of carbonyl (C=O) groups is 3. The number of benzene rings is 2. The summed E-state index contributed by atoms with van der Waals surface area (Å²) < 4.78 is 0.866. The summed E-state index contributed by atoms with van der Waals surface area (Å²) in [5, 5.41) is 6.83. The van der Waals surface area contributed by atoms with Crippen molar-refractivity contribution in [2.75, 3.05) is 19.6 Å². The van der Waals surface area contributed by atoms with Crippen LogP contribution in [0.5, 0.6) is 0 Å². The van der Waals surface area contributed by atoms with Gasteiger partial charge in [0, 0.05) is 16.6 Å². The molecule has 1 aromatic heterocycles. The van der Waals surface area contributed by atoms with Crippen molar-refractivity contribution < 1.29 is 14.4 Å². The minimum Gasteiger partial charge on any atom is -0.320 e. The summed E-state index contributed by atoms with van der Waals surface area (Å²) >= 11 is 3.42. The Kier molecular flexibility index (Phi) is 5.76. The molecule has 0 bridgehead atoms. The first-order valence-electron chi connectivity index (χ1n) is 9.48. The van der Waals surface area contributed by atoms with Gasteiger partial charge in [0.15, 0.2) is 0 Å². The molecule has 1 aliphatic heterocycles. The standard InChI is InChI=1S/C22H19BrN4O3/c23-17-8-4-7-16(11-17)21-18(12-24-25-21)22(30)26-13-19(28)27(20(29)14-26)10-9-15-5-2-1-3-6-15/h1-8,11-12H,9-10,13-14H2,(H,24,25). The minimum absolute atomic E-state index is 0.136. The van der Waals surface area contributed by atoms with Crippen LogP contribution in [-0.4, -0.2) is 57.4 Å². The zero-order valence-corrected chi connectivity index (χ0v) is 17.6. The lowest BCUT2D eigenvalue weighted by atomic mass is 10.1. The predicted molar refractivity (Wildman–Crippen MR) is 114 cm³/mol. The molecule has 30 heavy (non-hydrogen) atoms. The van der Waals surface area contributed by atoms with Crippen LogP contribution in [0.4, 0.5) is 0 Å². The van der Waals surface area contributed by atoms with Gasteiger partial charge in [0.05, 0.1) is 17.5 Å². The predicted octanol–water partition coefficient (Wildman–Crippen LogP) is 2.89. The van der Waals surface area contributed by atoms with Crippen molar-refractivity contribution in [2.24, 2.45) is 0 Å². The summed E-state index contributed by atoms with van der Waals surface area (Å²) in [5.41, 5.74) is 2.71. The normalized spacial score (nSPS) is 14.3. The molecule has 3 amide bonds. The average Bonchev–Trinajstić information content (AvgIpc) is 3.23. The van der Waals surface area contributed by atoms with Gasteiger partial charge in [-0.3, -0.25) is 24.4 Å². The Morgan fingerprint density at radius 1 is 1.03 bits per heavy atom. The van der Waals surface area contributed by atoms with Gasteiger partial charge < -0.3 is 4.90 Å². The zero-order chi connectivity index (χ0) is 21.1. The van der Waals surface area contributed by atoms with E-state index in [0.717, 1.165) is 15.6 Å². The van der Waals surface area contributed by atoms with Gasteiger partial charge in [-0.2, -0.15) is 5.10 Å². The van der Waals surface area contributed by atoms with Gasteiger partial charge in [-0.05, 0) is 24.1 Å². The van der Waals surface area contributed by atoms with E-state index in [1.54, 1.807) is 0 Å². The van der Waals surface area contributed by atoms with Crippen LogP contribution in [0.3, 0.4) is 0 Å². The molecular formula is C22H19BrN4O3. The second kappa shape index (κ2) is 8.62. The summed E-state index contributed by atoms with van der Waals surface area (Å²) in [6.45, 7) is 0.0314. The van der Waals surface area contributed by atoms with E-state index in [-0.39, 0.29) is 24.9 Å². The Labute approximate surface area is 181 Å². The highest BCUT2D eigenvalue weighted by molar-refractivity contribution is 9.10. The second-order valence-corrected chi connectivity index (χ2v) is 7.92. The second-order valence-electron chi connectivity index (χ2n) is 7.00. The Bertz CT molecular complexity index is 1080. The highest BCUT2D eigenvalue weighted by Crippen LogP contribution is 2.25. The van der Waals surface area contributed by atoms with Crippen molar-refractivity contribution in [3.63, 3.8) is 0 Å². The van der Waals surface area contributed by atoms with Crippen molar-refractivity contribution in [1.29, 1.82) is 0 Å². The van der Waals surface area contributed by atoms with E-state index in [9.17, 15) is 14.4 Å². The zero-order valence-electron chi connectivity index (χ0n) is 16.0. The smallest absolute Gasteiger partial charge is 0.258 e. The summed E-state index contributed by atoms with van der Waals surface area (Å²) in [4.78, 5) is 40.7. The molecule has 1 aliphatic rings. The summed E-state index contributed by atoms with van der Waals surface area (Å²) in [6, 6.07) is 17.1. The first-order valence-corrected chi connectivity index (χ1v) is 10.3. The van der Waals surface area contributed by atoms with Crippen LogP contribution < -0.4 is 0 Å². The van der Waals surface area contributed by atoms with E-state index in [0.29, 0.717) is 24.2 Å². The van der Waals surface area contributed by atoms with Gasteiger partial charge in [0.2, 0.25) is 11.8 Å². The number of rotatable bonds is 5. The molecule has 1 N–H and O–H groups in total. The first-order chi connectivity index (χ1) is 14.5. The number of hydrogen-bond acceptors (Lipinski definition) is 4. The number of hydrogen-bond donors (Lipinski definition) is 1. The van der Waals surface area contributed by atoms with E-state index in [2.05, 4.69) is 26.1 Å². The monoisotopic (exact) mass is 466 g/mol. The molecule has 0 spiro atoms. The van der Waals surface area contributed by atoms with Gasteiger partial charge in [0.25, 0.3) is 5.91 Å². The fourth-order valence-electron chi connectivity index (χ4n) is 3.45. The van der Waals surface area contributed by atoms with Crippen LogP contribution in [0.1, 0.15) is 15.9 Å². The number of nitrogens with one attached hydrogen (secondary N) is 1. The van der Waals surface area contributed by atoms with E-state index >= 15 is 0 Å². The fraction of sp³-hybridized carbons (Fsp3) is 0.182. The third kappa shape index (κ3) is 4.18. The van der Waals surface area contributed by atoms with Crippen molar-refractivity contribution in [3.8, 4) is 11.3 Å². The molecule has 0 atom stereocenters. The third-order valence-corrected chi connectivity index (χ3v) is 5.48. The summed E-state index contributed by atoms with van der Waals surface area (Å²) in [5.74, 6) is -1.14. The van der Waals surface area contributed by atoms with Crippen LogP contribution in [0.15, 0.2) is 65.3 Å². The number of nitrogens with zero attached hydrogens (tertiary/aromatic N) is 3. The Balaban J connectivity index is 1.47. The molecule has 8 heteroatoms. The molecule has 1 fully saturated rings. The summed E-state index contributed by atoms with van der Waals surface area (Å²) in [7, 11) is 0. The lowest BCUT2D eigenvalue weighted by Gasteiger charge is -2.32. The van der Waals surface area contributed by atoms with Crippen LogP contribution >= 0.6 is 15.9 Å². The topological polar surface area (TPSA) is 86.4 Å². The molecule has 7 nitrogen and oxygen atoms in total. The maximum absolute atomic E-state index is 13.0. The van der Waals surface area contributed by atoms with Gasteiger partial charge in [-0.1, -0.05) is 58.4 Å². The molecule has 0 aliphatic carbocycles. The van der Waals surface area contributed by atoms with Crippen LogP contribution in [0.2, 0.25) is 0 Å². The number of aromatic amines is 1. The lowest BCUT2D eigenvalue weighted by molar-refractivity contribution is -0.150. The Hall–Kier alpha value is -3.26. The molecule has 3 aromatic rings. The third-order valence-electron chi connectivity index (χ3n) is 4.99. The molecule has 0 unspecified atom stereocenters. The summed E-state index contributed by atoms with van der Waals surface area (Å²) in [6.07, 6.45) is 2.01. The number of halogens is 1. The van der Waals surface area contributed by atoms with Crippen molar-refractivity contribution in [2.45, 2.75) is 6.42 Å². The molecule has 152 valence electrons. The van der Waals surface area contributed by atoms with E-state index in [4.69, 9.17) is 0 Å².